The molecule has 0 spiro atoms. The fourth-order valence-electron chi connectivity index (χ4n) is 3.37. The number of methoxy groups -OCH3 is 1. The van der Waals surface area contributed by atoms with E-state index in [4.69, 9.17) is 4.74 Å². The minimum atomic E-state index is -0.243. The Morgan fingerprint density at radius 1 is 1.23 bits per heavy atom. The Morgan fingerprint density at radius 3 is 2.73 bits per heavy atom. The predicted molar refractivity (Wildman–Crippen MR) is 102 cm³/mol. The number of carbonyl (C=O) groups excluding carboxylic acids is 2. The van der Waals surface area contributed by atoms with Crippen LogP contribution in [0.15, 0.2) is 36.4 Å². The fourth-order valence-corrected chi connectivity index (χ4v) is 3.37. The summed E-state index contributed by atoms with van der Waals surface area (Å²) >= 11 is 0. The van der Waals surface area contributed by atoms with Crippen molar-refractivity contribution in [2.45, 2.75) is 26.8 Å². The zero-order chi connectivity index (χ0) is 18.7. The van der Waals surface area contributed by atoms with Crippen LogP contribution in [0.4, 0.5) is 5.69 Å². The molecular weight excluding hydrogens is 328 g/mol. The molecule has 0 unspecified atom stereocenters. The van der Waals surface area contributed by atoms with E-state index >= 15 is 0 Å². The summed E-state index contributed by atoms with van der Waals surface area (Å²) in [5, 5.41) is 3.02. The van der Waals surface area contributed by atoms with Crippen molar-refractivity contribution in [3.63, 3.8) is 0 Å². The van der Waals surface area contributed by atoms with E-state index in [9.17, 15) is 9.59 Å². The molecule has 1 heterocycles. The number of para-hydroxylation sites is 1. The summed E-state index contributed by atoms with van der Waals surface area (Å²) in [7, 11) is 1.61. The molecule has 1 aliphatic rings. The van der Waals surface area contributed by atoms with Gasteiger partial charge in [0.1, 0.15) is 0 Å². The smallest absolute Gasteiger partial charge is 0.256 e. The molecule has 2 amide bonds. The molecule has 0 atom stereocenters. The first-order valence-electron chi connectivity index (χ1n) is 8.86. The van der Waals surface area contributed by atoms with Crippen molar-refractivity contribution in [1.29, 1.82) is 0 Å². The average molecular weight is 352 g/mol. The van der Waals surface area contributed by atoms with Crippen LogP contribution in [0.25, 0.3) is 0 Å². The van der Waals surface area contributed by atoms with Crippen molar-refractivity contribution in [3.05, 3.63) is 64.2 Å². The van der Waals surface area contributed by atoms with Crippen molar-refractivity contribution in [2.24, 2.45) is 0 Å². The standard InChI is InChI=1S/C21H24N2O3/c1-4-15-8-5-7-14(2)19(15)22-20(24)17-10-6-9-16-13-23(11-12-26-3)21(25)18(16)17/h5-10H,4,11-13H2,1-3H3,(H,22,24). The van der Waals surface area contributed by atoms with Crippen LogP contribution in [0.5, 0.6) is 0 Å². The summed E-state index contributed by atoms with van der Waals surface area (Å²) in [6, 6.07) is 11.4. The molecule has 0 saturated heterocycles. The summed E-state index contributed by atoms with van der Waals surface area (Å²) in [6.07, 6.45) is 0.827. The van der Waals surface area contributed by atoms with Crippen LogP contribution in [-0.4, -0.2) is 37.0 Å². The van der Waals surface area contributed by atoms with Gasteiger partial charge < -0.3 is 15.0 Å². The number of ether oxygens (including phenoxy) is 1. The number of amides is 2. The van der Waals surface area contributed by atoms with Gasteiger partial charge in [0.05, 0.1) is 17.7 Å². The Balaban J connectivity index is 1.90. The Labute approximate surface area is 154 Å². The lowest BCUT2D eigenvalue weighted by Crippen LogP contribution is -2.28. The van der Waals surface area contributed by atoms with Gasteiger partial charge in [-0.2, -0.15) is 0 Å². The molecule has 0 fully saturated rings. The number of hydrogen-bond acceptors (Lipinski definition) is 3. The second-order valence-corrected chi connectivity index (χ2v) is 6.48. The van der Waals surface area contributed by atoms with E-state index in [2.05, 4.69) is 12.2 Å². The first-order chi connectivity index (χ1) is 12.6. The summed E-state index contributed by atoms with van der Waals surface area (Å²) in [5.41, 5.74) is 4.75. The molecule has 26 heavy (non-hydrogen) atoms. The minimum Gasteiger partial charge on any atom is -0.383 e. The highest BCUT2D eigenvalue weighted by Crippen LogP contribution is 2.28. The van der Waals surface area contributed by atoms with E-state index in [0.717, 1.165) is 28.8 Å². The third-order valence-electron chi connectivity index (χ3n) is 4.80. The Bertz CT molecular complexity index is 845. The molecule has 1 N–H and O–H groups in total. The van der Waals surface area contributed by atoms with Crippen molar-refractivity contribution in [2.75, 3.05) is 25.6 Å². The second kappa shape index (κ2) is 7.70. The van der Waals surface area contributed by atoms with Crippen LogP contribution in [0.1, 0.15) is 44.3 Å². The van der Waals surface area contributed by atoms with E-state index in [1.165, 1.54) is 0 Å². The first-order valence-corrected chi connectivity index (χ1v) is 8.86. The van der Waals surface area contributed by atoms with Gasteiger partial charge in [0.2, 0.25) is 0 Å². The number of aryl methyl sites for hydroxylation is 2. The van der Waals surface area contributed by atoms with Crippen LogP contribution in [0, 0.1) is 6.92 Å². The van der Waals surface area contributed by atoms with Crippen molar-refractivity contribution in [1.82, 2.24) is 4.90 Å². The fraction of sp³-hybridized carbons (Fsp3) is 0.333. The third kappa shape index (κ3) is 3.35. The summed E-state index contributed by atoms with van der Waals surface area (Å²) < 4.78 is 5.07. The monoisotopic (exact) mass is 352 g/mol. The van der Waals surface area contributed by atoms with Gasteiger partial charge in [-0.15, -0.1) is 0 Å². The number of rotatable bonds is 6. The highest BCUT2D eigenvalue weighted by atomic mass is 16.5. The summed E-state index contributed by atoms with van der Waals surface area (Å²) in [6.45, 7) is 5.54. The van der Waals surface area contributed by atoms with Crippen LogP contribution in [0.2, 0.25) is 0 Å². The lowest BCUT2D eigenvalue weighted by molar-refractivity contribution is 0.0716. The van der Waals surface area contributed by atoms with Gasteiger partial charge in [0.25, 0.3) is 11.8 Å². The summed E-state index contributed by atoms with van der Waals surface area (Å²) in [5.74, 6) is -0.351. The number of carbonyl (C=O) groups is 2. The first kappa shape index (κ1) is 18.1. The summed E-state index contributed by atoms with van der Waals surface area (Å²) in [4.78, 5) is 27.4. The van der Waals surface area contributed by atoms with E-state index in [1.807, 2.05) is 37.3 Å². The average Bonchev–Trinajstić information content (AvgIpc) is 2.97. The topological polar surface area (TPSA) is 58.6 Å². The normalized spacial score (nSPS) is 13.0. The van der Waals surface area contributed by atoms with Gasteiger partial charge in [0.15, 0.2) is 0 Å². The highest BCUT2D eigenvalue weighted by molar-refractivity contribution is 6.14. The third-order valence-corrected chi connectivity index (χ3v) is 4.80. The lowest BCUT2D eigenvalue weighted by atomic mass is 10.0. The number of hydrogen-bond donors (Lipinski definition) is 1. The minimum absolute atomic E-state index is 0.108. The molecule has 0 aliphatic carbocycles. The number of benzene rings is 2. The number of nitrogens with one attached hydrogen (secondary N) is 1. The van der Waals surface area contributed by atoms with Gasteiger partial charge in [0, 0.05) is 25.9 Å². The molecule has 0 radical (unpaired) electrons. The largest absolute Gasteiger partial charge is 0.383 e. The van der Waals surface area contributed by atoms with Crippen LogP contribution >= 0.6 is 0 Å². The maximum Gasteiger partial charge on any atom is 0.256 e. The number of fused-ring (bicyclic) bond motifs is 1. The highest BCUT2D eigenvalue weighted by Gasteiger charge is 2.31. The maximum absolute atomic E-state index is 13.0. The molecule has 1 aliphatic heterocycles. The molecule has 3 rings (SSSR count). The molecule has 0 aromatic heterocycles. The van der Waals surface area contributed by atoms with Crippen LogP contribution in [-0.2, 0) is 17.7 Å². The molecule has 5 nitrogen and oxygen atoms in total. The molecular formula is C21H24N2O3. The molecule has 2 aromatic rings. The van der Waals surface area contributed by atoms with Crippen LogP contribution < -0.4 is 5.32 Å². The maximum atomic E-state index is 13.0. The molecule has 5 heteroatoms. The lowest BCUT2D eigenvalue weighted by Gasteiger charge is -2.15. The van der Waals surface area contributed by atoms with Crippen LogP contribution in [0.3, 0.4) is 0 Å². The second-order valence-electron chi connectivity index (χ2n) is 6.48. The Hall–Kier alpha value is -2.66. The number of anilines is 1. The van der Waals surface area contributed by atoms with Gasteiger partial charge in [-0.1, -0.05) is 37.3 Å². The zero-order valence-electron chi connectivity index (χ0n) is 15.5. The van der Waals surface area contributed by atoms with E-state index < -0.39 is 0 Å². The van der Waals surface area contributed by atoms with Gasteiger partial charge in [-0.3, -0.25) is 9.59 Å². The van der Waals surface area contributed by atoms with Gasteiger partial charge in [-0.25, -0.2) is 0 Å². The van der Waals surface area contributed by atoms with Gasteiger partial charge in [-0.05, 0) is 36.1 Å². The van der Waals surface area contributed by atoms with E-state index in [-0.39, 0.29) is 11.8 Å². The Morgan fingerprint density at radius 2 is 2.00 bits per heavy atom. The van der Waals surface area contributed by atoms with Gasteiger partial charge >= 0.3 is 0 Å². The molecule has 0 saturated carbocycles. The van der Waals surface area contributed by atoms with Crippen molar-refractivity contribution >= 4 is 17.5 Å². The van der Waals surface area contributed by atoms with Crippen molar-refractivity contribution in [3.8, 4) is 0 Å². The Kier molecular flexibility index (Phi) is 5.38. The molecule has 136 valence electrons. The molecule has 2 aromatic carbocycles. The zero-order valence-corrected chi connectivity index (χ0v) is 15.5. The molecule has 0 bridgehead atoms. The quantitative estimate of drug-likeness (QED) is 0.867. The predicted octanol–water partition coefficient (Wildman–Crippen LogP) is 3.41. The van der Waals surface area contributed by atoms with E-state index in [1.54, 1.807) is 18.1 Å². The SMILES string of the molecule is CCc1cccc(C)c1NC(=O)c1cccc2c1C(=O)N(CCOC)C2. The van der Waals surface area contributed by atoms with Crippen molar-refractivity contribution < 1.29 is 14.3 Å². The van der Waals surface area contributed by atoms with E-state index in [0.29, 0.717) is 30.8 Å². The number of nitrogens with zero attached hydrogens (tertiary/aromatic N) is 1.